The van der Waals surface area contributed by atoms with Crippen LogP contribution in [0.25, 0.3) is 10.8 Å². The second-order valence-corrected chi connectivity index (χ2v) is 5.85. The van der Waals surface area contributed by atoms with Crippen LogP contribution in [0.4, 0.5) is 0 Å². The second-order valence-electron chi connectivity index (χ2n) is 5.85. The standard InChI is InChI=1S/C17H24N2/c1-17(2,11-12-18)19(3)13-15-9-6-8-14-7-4-5-10-16(14)15/h4-10H,11-13,18H2,1-3H3. The molecule has 0 aliphatic heterocycles. The normalized spacial score (nSPS) is 12.3. The van der Waals surface area contributed by atoms with Gasteiger partial charge in [-0.3, -0.25) is 4.90 Å². The van der Waals surface area contributed by atoms with Gasteiger partial charge >= 0.3 is 0 Å². The molecule has 2 N–H and O–H groups in total. The number of hydrogen-bond donors (Lipinski definition) is 1. The Morgan fingerprint density at radius 3 is 2.47 bits per heavy atom. The predicted molar refractivity (Wildman–Crippen MR) is 83.2 cm³/mol. The van der Waals surface area contributed by atoms with E-state index in [1.165, 1.54) is 16.3 Å². The highest BCUT2D eigenvalue weighted by molar-refractivity contribution is 5.85. The van der Waals surface area contributed by atoms with Gasteiger partial charge in [0.1, 0.15) is 0 Å². The maximum atomic E-state index is 5.71. The molecule has 0 heterocycles. The van der Waals surface area contributed by atoms with Crippen LogP contribution in [0, 0.1) is 0 Å². The van der Waals surface area contributed by atoms with E-state index in [1.807, 2.05) is 0 Å². The Kier molecular flexibility index (Phi) is 4.23. The third-order valence-electron chi connectivity index (χ3n) is 4.08. The lowest BCUT2D eigenvalue weighted by molar-refractivity contribution is 0.140. The van der Waals surface area contributed by atoms with Crippen LogP contribution in [0.3, 0.4) is 0 Å². The largest absolute Gasteiger partial charge is 0.330 e. The van der Waals surface area contributed by atoms with E-state index < -0.39 is 0 Å². The fourth-order valence-electron chi connectivity index (χ4n) is 2.44. The maximum absolute atomic E-state index is 5.71. The van der Waals surface area contributed by atoms with E-state index in [-0.39, 0.29) is 5.54 Å². The highest BCUT2D eigenvalue weighted by Gasteiger charge is 2.22. The SMILES string of the molecule is CN(Cc1cccc2ccccc12)C(C)(C)CCN. The summed E-state index contributed by atoms with van der Waals surface area (Å²) in [4.78, 5) is 2.39. The monoisotopic (exact) mass is 256 g/mol. The minimum Gasteiger partial charge on any atom is -0.330 e. The molecule has 0 aliphatic carbocycles. The molecule has 0 atom stereocenters. The van der Waals surface area contributed by atoms with Crippen LogP contribution in [-0.4, -0.2) is 24.0 Å². The molecule has 2 heteroatoms. The summed E-state index contributed by atoms with van der Waals surface area (Å²) in [7, 11) is 2.18. The van der Waals surface area contributed by atoms with Crippen LogP contribution in [-0.2, 0) is 6.54 Å². The Morgan fingerprint density at radius 1 is 1.05 bits per heavy atom. The number of rotatable bonds is 5. The molecule has 0 amide bonds. The summed E-state index contributed by atoms with van der Waals surface area (Å²) in [5.41, 5.74) is 7.22. The smallest absolute Gasteiger partial charge is 0.0242 e. The van der Waals surface area contributed by atoms with Crippen molar-refractivity contribution >= 4 is 10.8 Å². The van der Waals surface area contributed by atoms with Crippen LogP contribution >= 0.6 is 0 Å². The summed E-state index contributed by atoms with van der Waals surface area (Å²) in [6, 6.07) is 15.1. The van der Waals surface area contributed by atoms with Gasteiger partial charge in [-0.2, -0.15) is 0 Å². The summed E-state index contributed by atoms with van der Waals surface area (Å²) in [6.45, 7) is 6.19. The highest BCUT2D eigenvalue weighted by atomic mass is 15.2. The molecule has 0 bridgehead atoms. The van der Waals surface area contributed by atoms with E-state index >= 15 is 0 Å². The number of benzene rings is 2. The van der Waals surface area contributed by atoms with Crippen LogP contribution in [0.5, 0.6) is 0 Å². The van der Waals surface area contributed by atoms with Gasteiger partial charge in [-0.1, -0.05) is 42.5 Å². The zero-order valence-corrected chi connectivity index (χ0v) is 12.2. The average molecular weight is 256 g/mol. The second kappa shape index (κ2) is 5.72. The van der Waals surface area contributed by atoms with Gasteiger partial charge in [-0.15, -0.1) is 0 Å². The van der Waals surface area contributed by atoms with Gasteiger partial charge in [-0.25, -0.2) is 0 Å². The summed E-state index contributed by atoms with van der Waals surface area (Å²) < 4.78 is 0. The molecule has 0 aromatic heterocycles. The molecular weight excluding hydrogens is 232 g/mol. The number of nitrogens with two attached hydrogens (primary N) is 1. The van der Waals surface area contributed by atoms with Gasteiger partial charge in [0.05, 0.1) is 0 Å². The molecule has 0 spiro atoms. The summed E-state index contributed by atoms with van der Waals surface area (Å²) in [5, 5.41) is 2.66. The molecule has 2 aromatic carbocycles. The van der Waals surface area contributed by atoms with Gasteiger partial charge in [0, 0.05) is 12.1 Å². The van der Waals surface area contributed by atoms with Crippen molar-refractivity contribution in [2.75, 3.05) is 13.6 Å². The third-order valence-corrected chi connectivity index (χ3v) is 4.08. The Labute approximate surface area is 116 Å². The minimum absolute atomic E-state index is 0.131. The summed E-state index contributed by atoms with van der Waals surface area (Å²) in [5.74, 6) is 0. The first-order chi connectivity index (χ1) is 9.04. The van der Waals surface area contributed by atoms with E-state index in [2.05, 4.69) is 68.3 Å². The Hall–Kier alpha value is -1.38. The molecule has 0 unspecified atom stereocenters. The van der Waals surface area contributed by atoms with Crippen molar-refractivity contribution in [3.63, 3.8) is 0 Å². The highest BCUT2D eigenvalue weighted by Crippen LogP contribution is 2.23. The van der Waals surface area contributed by atoms with Crippen LogP contribution < -0.4 is 5.73 Å². The molecule has 0 saturated heterocycles. The minimum atomic E-state index is 0.131. The molecule has 19 heavy (non-hydrogen) atoms. The predicted octanol–water partition coefficient (Wildman–Crippen LogP) is 3.40. The fourth-order valence-corrected chi connectivity index (χ4v) is 2.44. The molecule has 0 saturated carbocycles. The average Bonchev–Trinajstić information content (AvgIpc) is 2.39. The van der Waals surface area contributed by atoms with Crippen molar-refractivity contribution in [2.45, 2.75) is 32.4 Å². The van der Waals surface area contributed by atoms with Crippen molar-refractivity contribution in [1.82, 2.24) is 4.90 Å². The molecule has 2 rings (SSSR count). The Morgan fingerprint density at radius 2 is 1.74 bits per heavy atom. The van der Waals surface area contributed by atoms with Gasteiger partial charge in [-0.05, 0) is 50.2 Å². The van der Waals surface area contributed by atoms with Crippen molar-refractivity contribution in [1.29, 1.82) is 0 Å². The van der Waals surface area contributed by atoms with E-state index in [4.69, 9.17) is 5.73 Å². The molecule has 0 aliphatic rings. The van der Waals surface area contributed by atoms with Crippen molar-refractivity contribution in [3.05, 3.63) is 48.0 Å². The first kappa shape index (κ1) is 14.0. The van der Waals surface area contributed by atoms with Crippen LogP contribution in [0.2, 0.25) is 0 Å². The van der Waals surface area contributed by atoms with Gasteiger partial charge < -0.3 is 5.73 Å². The summed E-state index contributed by atoms with van der Waals surface area (Å²) >= 11 is 0. The van der Waals surface area contributed by atoms with Crippen molar-refractivity contribution in [3.8, 4) is 0 Å². The van der Waals surface area contributed by atoms with Gasteiger partial charge in [0.25, 0.3) is 0 Å². The fraction of sp³-hybridized carbons (Fsp3) is 0.412. The molecule has 2 nitrogen and oxygen atoms in total. The van der Waals surface area contributed by atoms with Crippen molar-refractivity contribution in [2.24, 2.45) is 5.73 Å². The lowest BCUT2D eigenvalue weighted by Crippen LogP contribution is -2.42. The molecular formula is C17H24N2. The first-order valence-corrected chi connectivity index (χ1v) is 6.92. The first-order valence-electron chi connectivity index (χ1n) is 6.92. The number of nitrogens with zero attached hydrogens (tertiary/aromatic N) is 1. The quantitative estimate of drug-likeness (QED) is 0.888. The topological polar surface area (TPSA) is 29.3 Å². The van der Waals surface area contributed by atoms with Crippen LogP contribution in [0.1, 0.15) is 25.8 Å². The number of hydrogen-bond acceptors (Lipinski definition) is 2. The lowest BCUT2D eigenvalue weighted by Gasteiger charge is -2.35. The molecule has 102 valence electrons. The number of fused-ring (bicyclic) bond motifs is 1. The Balaban J connectivity index is 2.26. The van der Waals surface area contributed by atoms with E-state index in [1.54, 1.807) is 0 Å². The molecule has 2 aromatic rings. The van der Waals surface area contributed by atoms with E-state index in [0.29, 0.717) is 0 Å². The Bertz CT molecular complexity index is 540. The van der Waals surface area contributed by atoms with Gasteiger partial charge in [0.2, 0.25) is 0 Å². The lowest BCUT2D eigenvalue weighted by atomic mass is 9.97. The van der Waals surface area contributed by atoms with Gasteiger partial charge in [0.15, 0.2) is 0 Å². The summed E-state index contributed by atoms with van der Waals surface area (Å²) in [6.07, 6.45) is 1.01. The van der Waals surface area contributed by atoms with Crippen LogP contribution in [0.15, 0.2) is 42.5 Å². The van der Waals surface area contributed by atoms with E-state index in [0.717, 1.165) is 19.5 Å². The zero-order chi connectivity index (χ0) is 13.9. The van der Waals surface area contributed by atoms with Crippen molar-refractivity contribution < 1.29 is 0 Å². The van der Waals surface area contributed by atoms with E-state index in [9.17, 15) is 0 Å². The molecule has 0 fully saturated rings. The third kappa shape index (κ3) is 3.14. The molecule has 0 radical (unpaired) electrons. The maximum Gasteiger partial charge on any atom is 0.0242 e. The zero-order valence-electron chi connectivity index (χ0n) is 12.2.